The summed E-state index contributed by atoms with van der Waals surface area (Å²) in [6.07, 6.45) is 1.19. The van der Waals surface area contributed by atoms with Crippen LogP contribution in [0.2, 0.25) is 0 Å². The van der Waals surface area contributed by atoms with Crippen LogP contribution in [-0.2, 0) is 9.59 Å². The summed E-state index contributed by atoms with van der Waals surface area (Å²) in [5.41, 5.74) is 0. The Labute approximate surface area is 132 Å². The van der Waals surface area contributed by atoms with Crippen LogP contribution in [0.1, 0.15) is 13.8 Å². The summed E-state index contributed by atoms with van der Waals surface area (Å²) in [5.74, 6) is -0.378. The van der Waals surface area contributed by atoms with Crippen molar-refractivity contribution in [2.24, 2.45) is 0 Å². The van der Waals surface area contributed by atoms with Gasteiger partial charge in [-0.15, -0.1) is 0 Å². The maximum atomic E-state index is 12.2. The minimum atomic E-state index is -0.274. The molecule has 1 saturated heterocycles. The van der Waals surface area contributed by atoms with Crippen molar-refractivity contribution in [3.8, 4) is 0 Å². The number of hydrogen-bond acceptors (Lipinski definition) is 3. The summed E-state index contributed by atoms with van der Waals surface area (Å²) in [5, 5.41) is 0. The van der Waals surface area contributed by atoms with E-state index in [1.807, 2.05) is 13.8 Å². The van der Waals surface area contributed by atoms with E-state index in [0.29, 0.717) is 39.3 Å². The molecule has 1 aliphatic heterocycles. The molecule has 0 atom stereocenters. The number of piperazine rings is 1. The summed E-state index contributed by atoms with van der Waals surface area (Å²) in [4.78, 5) is 42.3. The molecule has 0 aromatic carbocycles. The van der Waals surface area contributed by atoms with Crippen LogP contribution < -0.4 is 0 Å². The average Bonchev–Trinajstić information content (AvgIpc) is 2.55. The molecule has 0 saturated carbocycles. The SMILES string of the molecule is C=CC(=O)N(C)CC(=O)N1CCN(C(=O)N(CC)CC)CC1. The van der Waals surface area contributed by atoms with E-state index in [0.717, 1.165) is 0 Å². The van der Waals surface area contributed by atoms with E-state index in [-0.39, 0.29) is 24.4 Å². The van der Waals surface area contributed by atoms with E-state index in [2.05, 4.69) is 6.58 Å². The van der Waals surface area contributed by atoms with Crippen molar-refractivity contribution in [2.75, 3.05) is 52.9 Å². The predicted molar refractivity (Wildman–Crippen MR) is 84.3 cm³/mol. The van der Waals surface area contributed by atoms with E-state index in [1.165, 1.54) is 11.0 Å². The Bertz CT molecular complexity index is 427. The monoisotopic (exact) mass is 310 g/mol. The van der Waals surface area contributed by atoms with Crippen molar-refractivity contribution in [3.63, 3.8) is 0 Å². The molecule has 124 valence electrons. The smallest absolute Gasteiger partial charge is 0.320 e. The van der Waals surface area contributed by atoms with Gasteiger partial charge in [-0.2, -0.15) is 0 Å². The van der Waals surface area contributed by atoms with Gasteiger partial charge in [0.25, 0.3) is 0 Å². The molecule has 7 nitrogen and oxygen atoms in total. The van der Waals surface area contributed by atoms with Gasteiger partial charge in [0.05, 0.1) is 6.54 Å². The summed E-state index contributed by atoms with van der Waals surface area (Å²) in [7, 11) is 1.57. The second-order valence-electron chi connectivity index (χ2n) is 5.22. The molecule has 0 aromatic heterocycles. The van der Waals surface area contributed by atoms with Crippen LogP contribution in [0.25, 0.3) is 0 Å². The van der Waals surface area contributed by atoms with Gasteiger partial charge in [0, 0.05) is 46.3 Å². The number of nitrogens with zero attached hydrogens (tertiary/aromatic N) is 4. The highest BCUT2D eigenvalue weighted by molar-refractivity contribution is 5.90. The molecule has 1 heterocycles. The first-order valence-corrected chi connectivity index (χ1v) is 7.63. The zero-order valence-electron chi connectivity index (χ0n) is 13.7. The van der Waals surface area contributed by atoms with Crippen molar-refractivity contribution < 1.29 is 14.4 Å². The van der Waals surface area contributed by atoms with Crippen LogP contribution in [0.5, 0.6) is 0 Å². The molecule has 7 heteroatoms. The third-order valence-electron chi connectivity index (χ3n) is 3.86. The fraction of sp³-hybridized carbons (Fsp3) is 0.667. The topological polar surface area (TPSA) is 64.2 Å². The van der Waals surface area contributed by atoms with Crippen LogP contribution in [0.3, 0.4) is 0 Å². The van der Waals surface area contributed by atoms with E-state index in [1.54, 1.807) is 21.7 Å². The third kappa shape index (κ3) is 4.47. The molecule has 0 radical (unpaired) electrons. The predicted octanol–water partition coefficient (Wildman–Crippen LogP) is 0.237. The van der Waals surface area contributed by atoms with Gasteiger partial charge in [-0.1, -0.05) is 6.58 Å². The van der Waals surface area contributed by atoms with Gasteiger partial charge in [0.15, 0.2) is 0 Å². The standard InChI is InChI=1S/C15H26N4O3/c1-5-13(20)16(4)12-14(21)18-8-10-19(11-9-18)15(22)17(6-2)7-3/h5H,1,6-12H2,2-4H3. The molecule has 4 amide bonds. The Morgan fingerprint density at radius 2 is 1.55 bits per heavy atom. The second-order valence-corrected chi connectivity index (χ2v) is 5.22. The molecule has 0 bridgehead atoms. The van der Waals surface area contributed by atoms with E-state index in [4.69, 9.17) is 0 Å². The molecule has 0 unspecified atom stereocenters. The molecule has 0 aliphatic carbocycles. The van der Waals surface area contributed by atoms with E-state index < -0.39 is 0 Å². The number of likely N-dealkylation sites (N-methyl/N-ethyl adjacent to an activating group) is 1. The van der Waals surface area contributed by atoms with Gasteiger partial charge in [-0.05, 0) is 19.9 Å². The van der Waals surface area contributed by atoms with Crippen molar-refractivity contribution in [1.29, 1.82) is 0 Å². The first-order chi connectivity index (χ1) is 10.4. The van der Waals surface area contributed by atoms with Gasteiger partial charge in [0.1, 0.15) is 0 Å². The maximum Gasteiger partial charge on any atom is 0.320 e. The molecule has 1 rings (SSSR count). The Morgan fingerprint density at radius 1 is 1.05 bits per heavy atom. The quantitative estimate of drug-likeness (QED) is 0.683. The van der Waals surface area contributed by atoms with Crippen LogP contribution in [0.4, 0.5) is 4.79 Å². The Balaban J connectivity index is 2.48. The van der Waals surface area contributed by atoms with Gasteiger partial charge in [-0.25, -0.2) is 4.79 Å². The second kappa shape index (κ2) is 8.41. The highest BCUT2D eigenvalue weighted by atomic mass is 16.2. The fourth-order valence-electron chi connectivity index (χ4n) is 2.38. The number of rotatable bonds is 5. The number of amides is 4. The molecule has 0 spiro atoms. The molecular weight excluding hydrogens is 284 g/mol. The Kier molecular flexibility index (Phi) is 6.88. The summed E-state index contributed by atoms with van der Waals surface area (Å²) < 4.78 is 0. The molecular formula is C15H26N4O3. The van der Waals surface area contributed by atoms with E-state index in [9.17, 15) is 14.4 Å². The molecule has 1 fully saturated rings. The molecule has 0 N–H and O–H groups in total. The van der Waals surface area contributed by atoms with E-state index >= 15 is 0 Å². The third-order valence-corrected chi connectivity index (χ3v) is 3.86. The first-order valence-electron chi connectivity index (χ1n) is 7.63. The molecule has 22 heavy (non-hydrogen) atoms. The van der Waals surface area contributed by atoms with Crippen LogP contribution in [0, 0.1) is 0 Å². The van der Waals surface area contributed by atoms with Gasteiger partial charge < -0.3 is 19.6 Å². The summed E-state index contributed by atoms with van der Waals surface area (Å²) >= 11 is 0. The molecule has 1 aliphatic rings. The van der Waals surface area contributed by atoms with Crippen molar-refractivity contribution in [2.45, 2.75) is 13.8 Å². The zero-order chi connectivity index (χ0) is 16.7. The minimum Gasteiger partial charge on any atom is -0.338 e. The highest BCUT2D eigenvalue weighted by Crippen LogP contribution is 2.06. The number of urea groups is 1. The van der Waals surface area contributed by atoms with Crippen molar-refractivity contribution >= 4 is 17.8 Å². The largest absolute Gasteiger partial charge is 0.338 e. The number of hydrogen-bond donors (Lipinski definition) is 0. The molecule has 0 aromatic rings. The number of carbonyl (C=O) groups is 3. The Morgan fingerprint density at radius 3 is 2.00 bits per heavy atom. The Hall–Kier alpha value is -2.05. The van der Waals surface area contributed by atoms with Crippen molar-refractivity contribution in [3.05, 3.63) is 12.7 Å². The lowest BCUT2D eigenvalue weighted by molar-refractivity contribution is -0.138. The summed E-state index contributed by atoms with van der Waals surface area (Å²) in [6, 6.07) is 0.0241. The normalized spacial score (nSPS) is 14.5. The summed E-state index contributed by atoms with van der Waals surface area (Å²) in [6.45, 7) is 10.8. The zero-order valence-corrected chi connectivity index (χ0v) is 13.7. The maximum absolute atomic E-state index is 12.2. The van der Waals surface area contributed by atoms with Crippen LogP contribution in [-0.4, -0.2) is 90.3 Å². The van der Waals surface area contributed by atoms with Gasteiger partial charge >= 0.3 is 6.03 Å². The van der Waals surface area contributed by atoms with Crippen LogP contribution in [0.15, 0.2) is 12.7 Å². The minimum absolute atomic E-state index is 0.0241. The first kappa shape index (κ1) is 18.0. The average molecular weight is 310 g/mol. The highest BCUT2D eigenvalue weighted by Gasteiger charge is 2.26. The van der Waals surface area contributed by atoms with Gasteiger partial charge in [-0.3, -0.25) is 9.59 Å². The fourth-order valence-corrected chi connectivity index (χ4v) is 2.38. The lowest BCUT2D eigenvalue weighted by Gasteiger charge is -2.37. The van der Waals surface area contributed by atoms with Crippen molar-refractivity contribution in [1.82, 2.24) is 19.6 Å². The number of carbonyl (C=O) groups excluding carboxylic acids is 3. The lowest BCUT2D eigenvalue weighted by atomic mass is 10.3. The van der Waals surface area contributed by atoms with Gasteiger partial charge in [0.2, 0.25) is 11.8 Å². The lowest BCUT2D eigenvalue weighted by Crippen LogP contribution is -2.55. The van der Waals surface area contributed by atoms with Crippen LogP contribution >= 0.6 is 0 Å².